The Morgan fingerprint density at radius 1 is 1.31 bits per heavy atom. The molecule has 0 amide bonds. The van der Waals surface area contributed by atoms with Gasteiger partial charge in [0.1, 0.15) is 0 Å². The Morgan fingerprint density at radius 3 is 2.81 bits per heavy atom. The maximum Gasteiger partial charge on any atom is 0.220 e. The number of benzene rings is 1. The summed E-state index contributed by atoms with van der Waals surface area (Å²) in [5, 5.41) is 8.94. The van der Waals surface area contributed by atoms with Gasteiger partial charge in [-0.15, -0.1) is 0 Å². The van der Waals surface area contributed by atoms with Gasteiger partial charge in [-0.25, -0.2) is 9.97 Å². The summed E-state index contributed by atoms with van der Waals surface area (Å²) in [5.74, 6) is 0.233. The van der Waals surface area contributed by atoms with E-state index in [0.29, 0.717) is 5.56 Å². The monoisotopic (exact) mass is 210 g/mol. The van der Waals surface area contributed by atoms with Crippen LogP contribution in [-0.4, -0.2) is 9.97 Å². The molecule has 4 nitrogen and oxygen atoms in total. The van der Waals surface area contributed by atoms with E-state index in [-0.39, 0.29) is 5.95 Å². The first-order valence-electron chi connectivity index (χ1n) is 4.80. The minimum absolute atomic E-state index is 0.233. The van der Waals surface area contributed by atoms with Crippen LogP contribution in [0.1, 0.15) is 11.1 Å². The van der Waals surface area contributed by atoms with Gasteiger partial charge in [-0.1, -0.05) is 12.1 Å². The maximum atomic E-state index is 8.94. The van der Waals surface area contributed by atoms with Crippen LogP contribution < -0.4 is 5.73 Å². The van der Waals surface area contributed by atoms with E-state index in [2.05, 4.69) is 16.0 Å². The quantitative estimate of drug-likeness (QED) is 0.780. The van der Waals surface area contributed by atoms with Crippen molar-refractivity contribution in [2.24, 2.45) is 0 Å². The SMILES string of the molecule is Cc1ccc(-c2ccnc(N)n2)cc1C#N. The molecule has 16 heavy (non-hydrogen) atoms. The van der Waals surface area contributed by atoms with E-state index in [9.17, 15) is 0 Å². The zero-order chi connectivity index (χ0) is 11.5. The largest absolute Gasteiger partial charge is 0.368 e. The Morgan fingerprint density at radius 2 is 2.12 bits per heavy atom. The summed E-state index contributed by atoms with van der Waals surface area (Å²) in [5.41, 5.74) is 8.71. The Balaban J connectivity index is 2.54. The van der Waals surface area contributed by atoms with Crippen molar-refractivity contribution in [3.63, 3.8) is 0 Å². The first-order chi connectivity index (χ1) is 7.70. The molecule has 0 unspecified atom stereocenters. The average molecular weight is 210 g/mol. The predicted octanol–water partition coefficient (Wildman–Crippen LogP) is 1.91. The van der Waals surface area contributed by atoms with Gasteiger partial charge in [-0.3, -0.25) is 0 Å². The molecule has 2 N–H and O–H groups in total. The number of nitrogen functional groups attached to an aromatic ring is 1. The third-order valence-electron chi connectivity index (χ3n) is 2.33. The van der Waals surface area contributed by atoms with E-state index >= 15 is 0 Å². The van der Waals surface area contributed by atoms with Gasteiger partial charge in [-0.05, 0) is 24.6 Å². The van der Waals surface area contributed by atoms with Gasteiger partial charge < -0.3 is 5.73 Å². The summed E-state index contributed by atoms with van der Waals surface area (Å²) in [4.78, 5) is 7.93. The molecular formula is C12H10N4. The molecule has 0 saturated carbocycles. The zero-order valence-electron chi connectivity index (χ0n) is 8.81. The number of hydrogen-bond acceptors (Lipinski definition) is 4. The summed E-state index contributed by atoms with van der Waals surface area (Å²) in [6.45, 7) is 1.90. The van der Waals surface area contributed by atoms with Crippen molar-refractivity contribution in [1.29, 1.82) is 5.26 Å². The lowest BCUT2D eigenvalue weighted by molar-refractivity contribution is 1.19. The van der Waals surface area contributed by atoms with Crippen LogP contribution in [0.3, 0.4) is 0 Å². The van der Waals surface area contributed by atoms with Gasteiger partial charge >= 0.3 is 0 Å². The first kappa shape index (κ1) is 10.1. The number of hydrogen-bond donors (Lipinski definition) is 1. The minimum Gasteiger partial charge on any atom is -0.368 e. The molecule has 0 spiro atoms. The van der Waals surface area contributed by atoms with Gasteiger partial charge in [0.15, 0.2) is 0 Å². The Kier molecular flexibility index (Phi) is 2.52. The number of aryl methyl sites for hydroxylation is 1. The fourth-order valence-electron chi connectivity index (χ4n) is 1.44. The van der Waals surface area contributed by atoms with Crippen LogP contribution in [0.4, 0.5) is 5.95 Å². The van der Waals surface area contributed by atoms with E-state index in [1.807, 2.05) is 19.1 Å². The number of rotatable bonds is 1. The summed E-state index contributed by atoms with van der Waals surface area (Å²) in [7, 11) is 0. The summed E-state index contributed by atoms with van der Waals surface area (Å²) < 4.78 is 0. The van der Waals surface area contributed by atoms with Crippen LogP contribution in [0, 0.1) is 18.3 Å². The Labute approximate surface area is 93.4 Å². The van der Waals surface area contributed by atoms with Crippen molar-refractivity contribution in [2.75, 3.05) is 5.73 Å². The zero-order valence-corrected chi connectivity index (χ0v) is 8.81. The highest BCUT2D eigenvalue weighted by Crippen LogP contribution is 2.20. The highest BCUT2D eigenvalue weighted by Gasteiger charge is 2.03. The van der Waals surface area contributed by atoms with Crippen molar-refractivity contribution < 1.29 is 0 Å². The van der Waals surface area contributed by atoms with Crippen LogP contribution in [0.15, 0.2) is 30.5 Å². The fraction of sp³-hybridized carbons (Fsp3) is 0.0833. The van der Waals surface area contributed by atoms with E-state index in [1.54, 1.807) is 18.3 Å². The van der Waals surface area contributed by atoms with Gasteiger partial charge in [0.05, 0.1) is 17.3 Å². The standard InChI is InChI=1S/C12H10N4/c1-8-2-3-9(6-10(8)7-13)11-4-5-15-12(14)16-11/h2-6H,1H3,(H2,14,15,16). The smallest absolute Gasteiger partial charge is 0.220 e. The molecule has 0 radical (unpaired) electrons. The number of nitriles is 1. The molecule has 4 heteroatoms. The lowest BCUT2D eigenvalue weighted by Gasteiger charge is -2.03. The summed E-state index contributed by atoms with van der Waals surface area (Å²) in [6, 6.07) is 9.52. The van der Waals surface area contributed by atoms with E-state index in [1.165, 1.54) is 0 Å². The van der Waals surface area contributed by atoms with Gasteiger partial charge in [0.25, 0.3) is 0 Å². The first-order valence-corrected chi connectivity index (χ1v) is 4.80. The molecule has 2 aromatic rings. The molecule has 1 aromatic heterocycles. The lowest BCUT2D eigenvalue weighted by atomic mass is 10.0. The second-order valence-corrected chi connectivity index (χ2v) is 3.44. The second kappa shape index (κ2) is 3.99. The third kappa shape index (κ3) is 1.84. The van der Waals surface area contributed by atoms with Gasteiger partial charge in [0.2, 0.25) is 5.95 Å². The Bertz CT molecular complexity index is 569. The van der Waals surface area contributed by atoms with Crippen molar-refractivity contribution in [2.45, 2.75) is 6.92 Å². The third-order valence-corrected chi connectivity index (χ3v) is 2.33. The Hall–Kier alpha value is -2.41. The normalized spacial score (nSPS) is 9.75. The molecule has 0 atom stereocenters. The van der Waals surface area contributed by atoms with Gasteiger partial charge in [0, 0.05) is 11.8 Å². The summed E-state index contributed by atoms with van der Waals surface area (Å²) >= 11 is 0. The molecule has 0 fully saturated rings. The molecule has 0 aliphatic carbocycles. The predicted molar refractivity (Wildman–Crippen MR) is 61.3 cm³/mol. The highest BCUT2D eigenvalue weighted by atomic mass is 15.0. The van der Waals surface area contributed by atoms with Crippen LogP contribution >= 0.6 is 0 Å². The van der Waals surface area contributed by atoms with Crippen molar-refractivity contribution >= 4 is 5.95 Å². The van der Waals surface area contributed by atoms with Crippen molar-refractivity contribution in [3.8, 4) is 17.3 Å². The molecule has 0 saturated heterocycles. The average Bonchev–Trinajstić information content (AvgIpc) is 2.29. The fourth-order valence-corrected chi connectivity index (χ4v) is 1.44. The van der Waals surface area contributed by atoms with E-state index in [4.69, 9.17) is 11.0 Å². The van der Waals surface area contributed by atoms with Gasteiger partial charge in [-0.2, -0.15) is 5.26 Å². The molecule has 0 aliphatic rings. The lowest BCUT2D eigenvalue weighted by Crippen LogP contribution is -1.95. The molecule has 78 valence electrons. The molecule has 2 rings (SSSR count). The van der Waals surface area contributed by atoms with Crippen molar-refractivity contribution in [3.05, 3.63) is 41.6 Å². The maximum absolute atomic E-state index is 8.94. The highest BCUT2D eigenvalue weighted by molar-refractivity contribution is 5.63. The van der Waals surface area contributed by atoms with E-state index < -0.39 is 0 Å². The molecule has 1 heterocycles. The van der Waals surface area contributed by atoms with Crippen LogP contribution in [0.5, 0.6) is 0 Å². The van der Waals surface area contributed by atoms with Crippen molar-refractivity contribution in [1.82, 2.24) is 9.97 Å². The number of nitrogens with zero attached hydrogens (tertiary/aromatic N) is 3. The van der Waals surface area contributed by atoms with Crippen LogP contribution in [0.2, 0.25) is 0 Å². The molecule has 1 aromatic carbocycles. The molecular weight excluding hydrogens is 200 g/mol. The minimum atomic E-state index is 0.233. The topological polar surface area (TPSA) is 75.6 Å². The van der Waals surface area contributed by atoms with E-state index in [0.717, 1.165) is 16.8 Å². The second-order valence-electron chi connectivity index (χ2n) is 3.44. The van der Waals surface area contributed by atoms with Crippen LogP contribution in [-0.2, 0) is 0 Å². The molecule has 0 aliphatic heterocycles. The number of anilines is 1. The molecule has 0 bridgehead atoms. The number of aromatic nitrogens is 2. The number of nitrogens with two attached hydrogens (primary N) is 1. The summed E-state index contributed by atoms with van der Waals surface area (Å²) in [6.07, 6.45) is 1.60. The van der Waals surface area contributed by atoms with Crippen LogP contribution in [0.25, 0.3) is 11.3 Å².